The van der Waals surface area contributed by atoms with Crippen molar-refractivity contribution in [3.63, 3.8) is 0 Å². The fraction of sp³-hybridized carbons (Fsp3) is 0.571. The number of esters is 1. The Hall–Kier alpha value is -2.65. The minimum atomic E-state index is -0.944. The Morgan fingerprint density at radius 1 is 1.10 bits per heavy atom. The molecule has 2 amide bonds. The number of hydrogen-bond acceptors (Lipinski definition) is 7. The molecule has 1 aromatic rings. The summed E-state index contributed by atoms with van der Waals surface area (Å²) < 4.78 is 10.6. The molecule has 9 nitrogen and oxygen atoms in total. The van der Waals surface area contributed by atoms with E-state index in [1.54, 1.807) is 52.1 Å². The average molecular weight is 423 g/mol. The van der Waals surface area contributed by atoms with Crippen LogP contribution in [0, 0.1) is 0 Å². The van der Waals surface area contributed by atoms with E-state index in [0.717, 1.165) is 5.69 Å². The standard InChI is InChI=1S/C21H34N4O5/c1-21(2,3)30-20(28)17(9-10-18(26)24-12-14-29-13-11-22)25-19(27)15-5-7-16(23-4)8-6-15/h5-8,17,23H,9-14,22H2,1-4H3,(H,24,26)(H,25,27)/t17-/m0/s1. The summed E-state index contributed by atoms with van der Waals surface area (Å²) in [5, 5.41) is 8.36. The number of carbonyl (C=O) groups is 3. The second-order valence-corrected chi connectivity index (χ2v) is 7.68. The zero-order chi connectivity index (χ0) is 22.6. The Kier molecular flexibility index (Phi) is 10.8. The van der Waals surface area contributed by atoms with E-state index in [9.17, 15) is 14.4 Å². The number of rotatable bonds is 12. The second kappa shape index (κ2) is 12.8. The molecule has 0 saturated heterocycles. The van der Waals surface area contributed by atoms with E-state index in [4.69, 9.17) is 15.2 Å². The van der Waals surface area contributed by atoms with Gasteiger partial charge in [-0.05, 0) is 51.5 Å². The molecule has 0 aliphatic rings. The van der Waals surface area contributed by atoms with Crippen LogP contribution in [0.2, 0.25) is 0 Å². The lowest BCUT2D eigenvalue weighted by atomic mass is 10.1. The van der Waals surface area contributed by atoms with Crippen LogP contribution in [0.3, 0.4) is 0 Å². The van der Waals surface area contributed by atoms with Gasteiger partial charge in [0.15, 0.2) is 0 Å². The molecular weight excluding hydrogens is 388 g/mol. The molecule has 0 aliphatic carbocycles. The summed E-state index contributed by atoms with van der Waals surface area (Å²) in [5.74, 6) is -1.24. The van der Waals surface area contributed by atoms with E-state index in [1.807, 2.05) is 0 Å². The maximum atomic E-state index is 12.6. The van der Waals surface area contributed by atoms with E-state index >= 15 is 0 Å². The molecule has 168 valence electrons. The van der Waals surface area contributed by atoms with Crippen molar-refractivity contribution < 1.29 is 23.9 Å². The van der Waals surface area contributed by atoms with Gasteiger partial charge in [0, 0.05) is 37.8 Å². The monoisotopic (exact) mass is 422 g/mol. The number of nitrogens with one attached hydrogen (secondary N) is 3. The molecule has 0 aromatic heterocycles. The van der Waals surface area contributed by atoms with Crippen LogP contribution in [0.25, 0.3) is 0 Å². The average Bonchev–Trinajstić information content (AvgIpc) is 2.69. The van der Waals surface area contributed by atoms with Crippen LogP contribution in [-0.2, 0) is 19.1 Å². The first-order valence-electron chi connectivity index (χ1n) is 10.0. The summed E-state index contributed by atoms with van der Waals surface area (Å²) in [6.45, 7) is 6.79. The molecule has 0 spiro atoms. The molecule has 0 bridgehead atoms. The Bertz CT molecular complexity index is 686. The molecule has 1 rings (SSSR count). The Morgan fingerprint density at radius 2 is 1.77 bits per heavy atom. The van der Waals surface area contributed by atoms with Gasteiger partial charge < -0.3 is 31.2 Å². The van der Waals surface area contributed by atoms with E-state index in [0.29, 0.717) is 31.9 Å². The van der Waals surface area contributed by atoms with Gasteiger partial charge in [0.05, 0.1) is 13.2 Å². The Labute approximate surface area is 178 Å². The van der Waals surface area contributed by atoms with Crippen LogP contribution in [0.15, 0.2) is 24.3 Å². The third-order valence-corrected chi connectivity index (χ3v) is 3.92. The summed E-state index contributed by atoms with van der Waals surface area (Å²) in [6.07, 6.45) is 0.171. The molecule has 1 atom stereocenters. The van der Waals surface area contributed by atoms with Crippen molar-refractivity contribution in [2.75, 3.05) is 38.7 Å². The summed E-state index contributed by atoms with van der Waals surface area (Å²) in [6, 6.07) is 5.89. The molecule has 0 saturated carbocycles. The zero-order valence-electron chi connectivity index (χ0n) is 18.2. The van der Waals surface area contributed by atoms with Crippen LogP contribution in [0.5, 0.6) is 0 Å². The van der Waals surface area contributed by atoms with E-state index in [2.05, 4.69) is 16.0 Å². The normalized spacial score (nSPS) is 12.0. The number of benzene rings is 1. The van der Waals surface area contributed by atoms with E-state index in [-0.39, 0.29) is 18.7 Å². The third kappa shape index (κ3) is 10.2. The molecule has 5 N–H and O–H groups in total. The second-order valence-electron chi connectivity index (χ2n) is 7.68. The molecular formula is C21H34N4O5. The van der Waals surface area contributed by atoms with Gasteiger partial charge in [-0.25, -0.2) is 4.79 Å². The van der Waals surface area contributed by atoms with Crippen molar-refractivity contribution in [1.29, 1.82) is 0 Å². The molecule has 9 heteroatoms. The minimum Gasteiger partial charge on any atom is -0.458 e. The van der Waals surface area contributed by atoms with Gasteiger partial charge in [-0.2, -0.15) is 0 Å². The highest BCUT2D eigenvalue weighted by Crippen LogP contribution is 2.13. The minimum absolute atomic E-state index is 0.0553. The van der Waals surface area contributed by atoms with Crippen molar-refractivity contribution in [3.05, 3.63) is 29.8 Å². The highest BCUT2D eigenvalue weighted by atomic mass is 16.6. The smallest absolute Gasteiger partial charge is 0.329 e. The fourth-order valence-electron chi connectivity index (χ4n) is 2.46. The number of hydrogen-bond donors (Lipinski definition) is 4. The van der Waals surface area contributed by atoms with E-state index < -0.39 is 23.5 Å². The van der Waals surface area contributed by atoms with E-state index in [1.165, 1.54) is 0 Å². The molecule has 0 aliphatic heterocycles. The van der Waals surface area contributed by atoms with Gasteiger partial charge in [0.1, 0.15) is 11.6 Å². The van der Waals surface area contributed by atoms with Gasteiger partial charge in [-0.15, -0.1) is 0 Å². The maximum absolute atomic E-state index is 12.6. The number of ether oxygens (including phenoxy) is 2. The Morgan fingerprint density at radius 3 is 2.33 bits per heavy atom. The van der Waals surface area contributed by atoms with Gasteiger partial charge in [-0.3, -0.25) is 9.59 Å². The number of amides is 2. The van der Waals surface area contributed by atoms with Crippen molar-refractivity contribution in [2.24, 2.45) is 5.73 Å². The molecule has 1 aromatic carbocycles. The molecule has 0 radical (unpaired) electrons. The molecule has 30 heavy (non-hydrogen) atoms. The first kappa shape index (κ1) is 25.4. The quantitative estimate of drug-likeness (QED) is 0.292. The van der Waals surface area contributed by atoms with Gasteiger partial charge >= 0.3 is 5.97 Å². The van der Waals surface area contributed by atoms with Gasteiger partial charge in [0.25, 0.3) is 5.91 Å². The maximum Gasteiger partial charge on any atom is 0.329 e. The van der Waals surface area contributed by atoms with Crippen LogP contribution in [-0.4, -0.2) is 62.8 Å². The summed E-state index contributed by atoms with van der Waals surface area (Å²) >= 11 is 0. The fourth-order valence-corrected chi connectivity index (χ4v) is 2.46. The summed E-state index contributed by atoms with van der Waals surface area (Å²) in [5.41, 5.74) is 5.88. The Balaban J connectivity index is 2.68. The largest absolute Gasteiger partial charge is 0.458 e. The summed E-state index contributed by atoms with van der Waals surface area (Å²) in [7, 11) is 1.78. The van der Waals surface area contributed by atoms with Gasteiger partial charge in [0.2, 0.25) is 5.91 Å². The van der Waals surface area contributed by atoms with Crippen LogP contribution in [0.4, 0.5) is 5.69 Å². The lowest BCUT2D eigenvalue weighted by molar-refractivity contribution is -0.157. The number of nitrogens with two attached hydrogens (primary N) is 1. The molecule has 0 unspecified atom stereocenters. The first-order chi connectivity index (χ1) is 14.2. The van der Waals surface area contributed by atoms with Crippen molar-refractivity contribution in [3.8, 4) is 0 Å². The van der Waals surface area contributed by atoms with Crippen LogP contribution < -0.4 is 21.7 Å². The lowest BCUT2D eigenvalue weighted by Gasteiger charge is -2.24. The summed E-state index contributed by atoms with van der Waals surface area (Å²) in [4.78, 5) is 37.2. The predicted molar refractivity (Wildman–Crippen MR) is 115 cm³/mol. The zero-order valence-corrected chi connectivity index (χ0v) is 18.2. The molecule has 0 fully saturated rings. The van der Waals surface area contributed by atoms with Gasteiger partial charge in [-0.1, -0.05) is 0 Å². The van der Waals surface area contributed by atoms with Crippen LogP contribution >= 0.6 is 0 Å². The third-order valence-electron chi connectivity index (χ3n) is 3.92. The molecule has 0 heterocycles. The number of anilines is 1. The predicted octanol–water partition coefficient (Wildman–Crippen LogP) is 1.04. The van der Waals surface area contributed by atoms with Crippen molar-refractivity contribution in [1.82, 2.24) is 10.6 Å². The lowest BCUT2D eigenvalue weighted by Crippen LogP contribution is -2.45. The van der Waals surface area contributed by atoms with Crippen molar-refractivity contribution in [2.45, 2.75) is 45.3 Å². The van der Waals surface area contributed by atoms with Crippen molar-refractivity contribution >= 4 is 23.5 Å². The first-order valence-corrected chi connectivity index (χ1v) is 10.0. The highest BCUT2D eigenvalue weighted by molar-refractivity contribution is 5.97. The topological polar surface area (TPSA) is 132 Å². The SMILES string of the molecule is CNc1ccc(C(=O)N[C@@H](CCC(=O)NCCOCCN)C(=O)OC(C)(C)C)cc1. The highest BCUT2D eigenvalue weighted by Gasteiger charge is 2.27. The van der Waals surface area contributed by atoms with Crippen LogP contribution in [0.1, 0.15) is 44.0 Å². The number of carbonyl (C=O) groups excluding carboxylic acids is 3.